The van der Waals surface area contributed by atoms with Gasteiger partial charge in [-0.3, -0.25) is 4.79 Å². The van der Waals surface area contributed by atoms with Crippen LogP contribution in [0.25, 0.3) is 0 Å². The average molecular weight is 466 g/mol. The second-order valence-corrected chi connectivity index (χ2v) is 9.28. The maximum Gasteiger partial charge on any atom is 0.339 e. The predicted octanol–water partition coefficient (Wildman–Crippen LogP) is 5.14. The molecular formula is C22H21ClFNO5S. The summed E-state index contributed by atoms with van der Waals surface area (Å²) >= 11 is 6.12. The number of halogens is 2. The standard InChI is InChI=1S/C22H21ClFNO5S/c1-15(2)13-25(22(26)21-4-3-11-29-21)14-16-12-17(23)5-10-20(16)30-31(27,28)19-8-6-18(24)7-9-19/h3-12,15H,13-14H2,1-2H3. The van der Waals surface area contributed by atoms with Crippen LogP contribution in [0.2, 0.25) is 5.02 Å². The molecule has 31 heavy (non-hydrogen) atoms. The van der Waals surface area contributed by atoms with Crippen LogP contribution in [0, 0.1) is 11.7 Å². The Bertz CT molecular complexity index is 1150. The lowest BCUT2D eigenvalue weighted by Gasteiger charge is -2.25. The quantitative estimate of drug-likeness (QED) is 0.430. The predicted molar refractivity (Wildman–Crippen MR) is 114 cm³/mol. The van der Waals surface area contributed by atoms with Crippen molar-refractivity contribution in [3.05, 3.63) is 83.0 Å². The molecule has 3 aromatic rings. The van der Waals surface area contributed by atoms with Gasteiger partial charge in [0, 0.05) is 23.7 Å². The average Bonchev–Trinajstić information content (AvgIpc) is 3.23. The molecule has 0 unspecified atom stereocenters. The molecule has 2 aromatic carbocycles. The summed E-state index contributed by atoms with van der Waals surface area (Å²) in [6.07, 6.45) is 1.41. The van der Waals surface area contributed by atoms with Gasteiger partial charge in [-0.1, -0.05) is 25.4 Å². The third-order valence-electron chi connectivity index (χ3n) is 4.29. The van der Waals surface area contributed by atoms with Crippen molar-refractivity contribution < 1.29 is 26.2 Å². The zero-order valence-corrected chi connectivity index (χ0v) is 18.5. The molecule has 9 heteroatoms. The van der Waals surface area contributed by atoms with Crippen LogP contribution < -0.4 is 4.18 Å². The third-order valence-corrected chi connectivity index (χ3v) is 5.77. The summed E-state index contributed by atoms with van der Waals surface area (Å²) in [4.78, 5) is 14.2. The highest BCUT2D eigenvalue weighted by atomic mass is 35.5. The molecule has 0 aliphatic heterocycles. The molecular weight excluding hydrogens is 445 g/mol. The molecule has 3 rings (SSSR count). The van der Waals surface area contributed by atoms with Gasteiger partial charge in [0.15, 0.2) is 5.76 Å². The normalized spacial score (nSPS) is 11.5. The van der Waals surface area contributed by atoms with E-state index in [1.54, 1.807) is 18.2 Å². The lowest BCUT2D eigenvalue weighted by Crippen LogP contribution is -2.33. The highest BCUT2D eigenvalue weighted by Crippen LogP contribution is 2.28. The summed E-state index contributed by atoms with van der Waals surface area (Å²) in [5.41, 5.74) is 0.402. The number of rotatable bonds is 8. The van der Waals surface area contributed by atoms with E-state index in [-0.39, 0.29) is 34.8 Å². The summed E-state index contributed by atoms with van der Waals surface area (Å²) in [5, 5.41) is 0.358. The Hall–Kier alpha value is -2.84. The van der Waals surface area contributed by atoms with Crippen LogP contribution in [-0.4, -0.2) is 25.8 Å². The maximum atomic E-state index is 13.2. The van der Waals surface area contributed by atoms with Crippen LogP contribution in [0.5, 0.6) is 5.75 Å². The molecule has 0 fully saturated rings. The van der Waals surface area contributed by atoms with Crippen LogP contribution >= 0.6 is 11.6 Å². The molecule has 0 aliphatic rings. The minimum atomic E-state index is -4.22. The molecule has 1 amide bonds. The van der Waals surface area contributed by atoms with Crippen LogP contribution in [-0.2, 0) is 16.7 Å². The first-order chi connectivity index (χ1) is 14.7. The van der Waals surface area contributed by atoms with Gasteiger partial charge in [0.25, 0.3) is 5.91 Å². The first kappa shape index (κ1) is 22.8. The van der Waals surface area contributed by atoms with E-state index in [4.69, 9.17) is 20.2 Å². The van der Waals surface area contributed by atoms with E-state index in [2.05, 4.69) is 0 Å². The summed E-state index contributed by atoms with van der Waals surface area (Å²) in [7, 11) is -4.22. The van der Waals surface area contributed by atoms with Crippen molar-refractivity contribution in [3.8, 4) is 5.75 Å². The van der Waals surface area contributed by atoms with Crippen molar-refractivity contribution in [2.24, 2.45) is 5.92 Å². The molecule has 0 saturated heterocycles. The van der Waals surface area contributed by atoms with Crippen LogP contribution in [0.1, 0.15) is 30.0 Å². The molecule has 0 saturated carbocycles. The van der Waals surface area contributed by atoms with Gasteiger partial charge in [0.2, 0.25) is 0 Å². The molecule has 164 valence electrons. The monoisotopic (exact) mass is 465 g/mol. The first-order valence-electron chi connectivity index (χ1n) is 9.47. The smallest absolute Gasteiger partial charge is 0.339 e. The van der Waals surface area contributed by atoms with Crippen LogP contribution in [0.15, 0.2) is 70.2 Å². The second kappa shape index (κ2) is 9.53. The Morgan fingerprint density at radius 2 is 1.87 bits per heavy atom. The van der Waals surface area contributed by atoms with Crippen molar-refractivity contribution in [2.75, 3.05) is 6.54 Å². The van der Waals surface area contributed by atoms with Gasteiger partial charge in [0.05, 0.1) is 6.26 Å². The van der Waals surface area contributed by atoms with Gasteiger partial charge < -0.3 is 13.5 Å². The molecule has 0 spiro atoms. The highest BCUT2D eigenvalue weighted by molar-refractivity contribution is 7.87. The van der Waals surface area contributed by atoms with Gasteiger partial charge in [-0.25, -0.2) is 4.39 Å². The third kappa shape index (κ3) is 5.86. The molecule has 1 heterocycles. The van der Waals surface area contributed by atoms with Crippen molar-refractivity contribution in [3.63, 3.8) is 0 Å². The molecule has 0 atom stereocenters. The SMILES string of the molecule is CC(C)CN(Cc1cc(Cl)ccc1OS(=O)(=O)c1ccc(F)cc1)C(=O)c1ccco1. The molecule has 6 nitrogen and oxygen atoms in total. The highest BCUT2D eigenvalue weighted by Gasteiger charge is 2.24. The molecule has 0 bridgehead atoms. The summed E-state index contributed by atoms with van der Waals surface area (Å²) in [6.45, 7) is 4.36. The number of nitrogens with zero attached hydrogens (tertiary/aromatic N) is 1. The van der Waals surface area contributed by atoms with Gasteiger partial charge in [-0.2, -0.15) is 8.42 Å². The van der Waals surface area contributed by atoms with E-state index in [0.29, 0.717) is 17.1 Å². The zero-order valence-electron chi connectivity index (χ0n) is 16.9. The first-order valence-corrected chi connectivity index (χ1v) is 11.3. The fourth-order valence-electron chi connectivity index (χ4n) is 2.94. The summed E-state index contributed by atoms with van der Waals surface area (Å²) in [6, 6.07) is 11.9. The lowest BCUT2D eigenvalue weighted by molar-refractivity contribution is 0.0689. The second-order valence-electron chi connectivity index (χ2n) is 7.30. The van der Waals surface area contributed by atoms with E-state index in [1.807, 2.05) is 13.8 Å². The van der Waals surface area contributed by atoms with Crippen molar-refractivity contribution in [2.45, 2.75) is 25.3 Å². The number of benzene rings is 2. The van der Waals surface area contributed by atoms with E-state index < -0.39 is 15.9 Å². The fraction of sp³-hybridized carbons (Fsp3) is 0.227. The Morgan fingerprint density at radius 3 is 2.48 bits per heavy atom. The minimum absolute atomic E-state index is 0.0229. The molecule has 0 N–H and O–H groups in total. The van der Waals surface area contributed by atoms with Crippen LogP contribution in [0.4, 0.5) is 4.39 Å². The van der Waals surface area contributed by atoms with Gasteiger partial charge in [-0.05, 0) is 60.5 Å². The Balaban J connectivity index is 1.92. The zero-order chi connectivity index (χ0) is 22.6. The Kier molecular flexibility index (Phi) is 7.02. The Morgan fingerprint density at radius 1 is 1.16 bits per heavy atom. The number of hydrogen-bond donors (Lipinski definition) is 0. The summed E-state index contributed by atoms with van der Waals surface area (Å²) in [5.74, 6) is -0.567. The number of furan rings is 1. The molecule has 0 aliphatic carbocycles. The number of amides is 1. The lowest BCUT2D eigenvalue weighted by atomic mass is 10.1. The molecule has 0 radical (unpaired) electrons. The van der Waals surface area contributed by atoms with E-state index in [1.165, 1.54) is 23.3 Å². The molecule has 1 aromatic heterocycles. The Labute approximate surface area is 185 Å². The number of hydrogen-bond acceptors (Lipinski definition) is 5. The van der Waals surface area contributed by atoms with Crippen LogP contribution in [0.3, 0.4) is 0 Å². The van der Waals surface area contributed by atoms with Gasteiger partial charge in [-0.15, -0.1) is 0 Å². The van der Waals surface area contributed by atoms with Crippen molar-refractivity contribution in [1.82, 2.24) is 4.90 Å². The minimum Gasteiger partial charge on any atom is -0.459 e. The summed E-state index contributed by atoms with van der Waals surface area (Å²) < 4.78 is 49.0. The van der Waals surface area contributed by atoms with Gasteiger partial charge >= 0.3 is 10.1 Å². The number of carbonyl (C=O) groups is 1. The van der Waals surface area contributed by atoms with E-state index in [9.17, 15) is 17.6 Å². The topological polar surface area (TPSA) is 76.8 Å². The van der Waals surface area contributed by atoms with E-state index in [0.717, 1.165) is 24.3 Å². The van der Waals surface area contributed by atoms with E-state index >= 15 is 0 Å². The van der Waals surface area contributed by atoms with Gasteiger partial charge in [0.1, 0.15) is 16.5 Å². The van der Waals surface area contributed by atoms with Crippen molar-refractivity contribution in [1.29, 1.82) is 0 Å². The fourth-order valence-corrected chi connectivity index (χ4v) is 4.10. The maximum absolute atomic E-state index is 13.2. The van der Waals surface area contributed by atoms with Crippen molar-refractivity contribution >= 4 is 27.6 Å². The largest absolute Gasteiger partial charge is 0.459 e. The number of carbonyl (C=O) groups excluding carboxylic acids is 1.